The van der Waals surface area contributed by atoms with Crippen LogP contribution in [-0.4, -0.2) is 7.05 Å². The molecule has 0 saturated heterocycles. The molecule has 0 spiro atoms. The Kier molecular flexibility index (Phi) is 4.69. The highest BCUT2D eigenvalue weighted by atomic mass is 14.8. The molecule has 1 heteroatoms. The molecule has 80 valence electrons. The minimum Gasteiger partial charge on any atom is -0.388 e. The lowest BCUT2D eigenvalue weighted by atomic mass is 10.1. The molecule has 1 N–H and O–H groups in total. The Hall–Kier alpha value is -1.50. The van der Waals surface area contributed by atoms with Gasteiger partial charge in [0.2, 0.25) is 0 Å². The van der Waals surface area contributed by atoms with E-state index in [-0.39, 0.29) is 0 Å². The SMILES string of the molecule is CC/C(C)=C/C=C(\NC)c1ccccc1. The summed E-state index contributed by atoms with van der Waals surface area (Å²) in [5.74, 6) is 0. The first-order chi connectivity index (χ1) is 7.27. The number of hydrogen-bond donors (Lipinski definition) is 1. The minimum atomic E-state index is 1.10. The van der Waals surface area contributed by atoms with E-state index in [1.165, 1.54) is 11.1 Å². The summed E-state index contributed by atoms with van der Waals surface area (Å²) in [4.78, 5) is 0. The standard InChI is InChI=1S/C14H19N/c1-4-12(2)10-11-14(15-3)13-8-6-5-7-9-13/h5-11,15H,4H2,1-3H3/b12-10+,14-11-. The topological polar surface area (TPSA) is 12.0 Å². The molecule has 0 atom stereocenters. The summed E-state index contributed by atoms with van der Waals surface area (Å²) in [6.45, 7) is 4.32. The summed E-state index contributed by atoms with van der Waals surface area (Å²) in [6.07, 6.45) is 5.40. The van der Waals surface area contributed by atoms with Crippen molar-refractivity contribution in [3.63, 3.8) is 0 Å². The first-order valence-electron chi connectivity index (χ1n) is 5.38. The fourth-order valence-corrected chi connectivity index (χ4v) is 1.29. The van der Waals surface area contributed by atoms with Gasteiger partial charge in [0.25, 0.3) is 0 Å². The number of rotatable bonds is 4. The van der Waals surface area contributed by atoms with Crippen LogP contribution in [0.5, 0.6) is 0 Å². The van der Waals surface area contributed by atoms with Crippen molar-refractivity contribution in [2.75, 3.05) is 7.05 Å². The lowest BCUT2D eigenvalue weighted by Crippen LogP contribution is -2.03. The van der Waals surface area contributed by atoms with Crippen LogP contribution < -0.4 is 5.32 Å². The van der Waals surface area contributed by atoms with E-state index in [1.54, 1.807) is 0 Å². The van der Waals surface area contributed by atoms with E-state index in [9.17, 15) is 0 Å². The molecule has 1 nitrogen and oxygen atoms in total. The Labute approximate surface area is 92.5 Å². The second-order valence-electron chi connectivity index (χ2n) is 3.56. The summed E-state index contributed by atoms with van der Waals surface area (Å²) in [6, 6.07) is 10.4. The first kappa shape index (κ1) is 11.6. The van der Waals surface area contributed by atoms with Crippen LogP contribution in [0.2, 0.25) is 0 Å². The third-order valence-corrected chi connectivity index (χ3v) is 2.45. The van der Waals surface area contributed by atoms with Gasteiger partial charge in [-0.05, 0) is 25.0 Å². The number of nitrogens with one attached hydrogen (secondary N) is 1. The van der Waals surface area contributed by atoms with Gasteiger partial charge < -0.3 is 5.32 Å². The summed E-state index contributed by atoms with van der Waals surface area (Å²) in [7, 11) is 1.95. The average Bonchev–Trinajstić information content (AvgIpc) is 2.31. The number of allylic oxidation sites excluding steroid dienone is 3. The van der Waals surface area contributed by atoms with Crippen LogP contribution in [0, 0.1) is 0 Å². The molecule has 1 rings (SSSR count). The summed E-state index contributed by atoms with van der Waals surface area (Å²) >= 11 is 0. The van der Waals surface area contributed by atoms with Gasteiger partial charge in [0.05, 0.1) is 0 Å². The Bertz CT molecular complexity index is 347. The molecule has 0 amide bonds. The van der Waals surface area contributed by atoms with Crippen LogP contribution in [0.1, 0.15) is 25.8 Å². The van der Waals surface area contributed by atoms with Gasteiger partial charge in [-0.3, -0.25) is 0 Å². The summed E-state index contributed by atoms with van der Waals surface area (Å²) < 4.78 is 0. The van der Waals surface area contributed by atoms with Crippen molar-refractivity contribution in [2.24, 2.45) is 0 Å². The highest BCUT2D eigenvalue weighted by Gasteiger charge is 1.95. The molecule has 0 aliphatic heterocycles. The predicted molar refractivity (Wildman–Crippen MR) is 67.5 cm³/mol. The summed E-state index contributed by atoms with van der Waals surface area (Å²) in [5.41, 5.74) is 3.77. The normalized spacial score (nSPS) is 12.7. The zero-order valence-electron chi connectivity index (χ0n) is 9.75. The van der Waals surface area contributed by atoms with Crippen molar-refractivity contribution in [3.05, 3.63) is 53.6 Å². The van der Waals surface area contributed by atoms with Crippen molar-refractivity contribution in [2.45, 2.75) is 20.3 Å². The molecule has 1 aromatic rings. The molecule has 0 fully saturated rings. The summed E-state index contributed by atoms with van der Waals surface area (Å²) in [5, 5.41) is 3.21. The van der Waals surface area contributed by atoms with E-state index in [0.29, 0.717) is 0 Å². The van der Waals surface area contributed by atoms with Gasteiger partial charge in [-0.1, -0.05) is 48.9 Å². The van der Waals surface area contributed by atoms with E-state index < -0.39 is 0 Å². The van der Waals surface area contributed by atoms with Crippen molar-refractivity contribution in [3.8, 4) is 0 Å². The molecule has 0 aromatic heterocycles. The van der Waals surface area contributed by atoms with Crippen molar-refractivity contribution in [1.82, 2.24) is 5.32 Å². The zero-order valence-corrected chi connectivity index (χ0v) is 9.75. The van der Waals surface area contributed by atoms with Crippen LogP contribution in [0.15, 0.2) is 48.1 Å². The first-order valence-corrected chi connectivity index (χ1v) is 5.38. The van der Waals surface area contributed by atoms with Gasteiger partial charge in [0.15, 0.2) is 0 Å². The van der Waals surface area contributed by atoms with Gasteiger partial charge in [0.1, 0.15) is 0 Å². The van der Waals surface area contributed by atoms with Crippen molar-refractivity contribution >= 4 is 5.70 Å². The van der Waals surface area contributed by atoms with Crippen LogP contribution in [0.25, 0.3) is 5.70 Å². The molecule has 15 heavy (non-hydrogen) atoms. The highest BCUT2D eigenvalue weighted by molar-refractivity contribution is 5.65. The fraction of sp³-hybridized carbons (Fsp3) is 0.286. The predicted octanol–water partition coefficient (Wildman–Crippen LogP) is 3.60. The second-order valence-corrected chi connectivity index (χ2v) is 3.56. The molecule has 0 bridgehead atoms. The Balaban J connectivity index is 2.90. The maximum atomic E-state index is 3.21. The Morgan fingerprint density at radius 3 is 2.40 bits per heavy atom. The zero-order chi connectivity index (χ0) is 11.1. The van der Waals surface area contributed by atoms with E-state index in [1.807, 2.05) is 13.1 Å². The van der Waals surface area contributed by atoms with Crippen LogP contribution in [0.4, 0.5) is 0 Å². The number of benzene rings is 1. The Morgan fingerprint density at radius 1 is 1.20 bits per heavy atom. The van der Waals surface area contributed by atoms with E-state index >= 15 is 0 Å². The van der Waals surface area contributed by atoms with Gasteiger partial charge in [-0.25, -0.2) is 0 Å². The van der Waals surface area contributed by atoms with Crippen molar-refractivity contribution in [1.29, 1.82) is 0 Å². The molecule has 1 aromatic carbocycles. The fourth-order valence-electron chi connectivity index (χ4n) is 1.29. The molecule has 0 aliphatic rings. The molecular weight excluding hydrogens is 182 g/mol. The van der Waals surface area contributed by atoms with Gasteiger partial charge >= 0.3 is 0 Å². The quantitative estimate of drug-likeness (QED) is 0.734. The molecular formula is C14H19N. The maximum absolute atomic E-state index is 3.21. The molecule has 0 heterocycles. The van der Waals surface area contributed by atoms with Crippen LogP contribution in [-0.2, 0) is 0 Å². The minimum absolute atomic E-state index is 1.10. The smallest absolute Gasteiger partial charge is 0.0411 e. The van der Waals surface area contributed by atoms with E-state index in [0.717, 1.165) is 12.1 Å². The largest absolute Gasteiger partial charge is 0.388 e. The third kappa shape index (κ3) is 3.62. The highest BCUT2D eigenvalue weighted by Crippen LogP contribution is 2.11. The number of hydrogen-bond acceptors (Lipinski definition) is 1. The molecule has 0 unspecified atom stereocenters. The maximum Gasteiger partial charge on any atom is 0.0411 e. The van der Waals surface area contributed by atoms with Gasteiger partial charge in [-0.2, -0.15) is 0 Å². The van der Waals surface area contributed by atoms with Crippen LogP contribution in [0.3, 0.4) is 0 Å². The average molecular weight is 201 g/mol. The van der Waals surface area contributed by atoms with Gasteiger partial charge in [0, 0.05) is 12.7 Å². The Morgan fingerprint density at radius 2 is 1.87 bits per heavy atom. The molecule has 0 aliphatic carbocycles. The second kappa shape index (κ2) is 6.07. The lowest BCUT2D eigenvalue weighted by Gasteiger charge is -2.05. The monoisotopic (exact) mass is 201 g/mol. The van der Waals surface area contributed by atoms with Crippen LogP contribution >= 0.6 is 0 Å². The van der Waals surface area contributed by atoms with Crippen molar-refractivity contribution < 1.29 is 0 Å². The van der Waals surface area contributed by atoms with E-state index in [4.69, 9.17) is 0 Å². The van der Waals surface area contributed by atoms with Gasteiger partial charge in [-0.15, -0.1) is 0 Å². The lowest BCUT2D eigenvalue weighted by molar-refractivity contribution is 1.09. The molecule has 0 radical (unpaired) electrons. The third-order valence-electron chi connectivity index (χ3n) is 2.45. The molecule has 0 saturated carbocycles. The van der Waals surface area contributed by atoms with E-state index in [2.05, 4.69) is 55.6 Å².